The van der Waals surface area contributed by atoms with E-state index < -0.39 is 10.0 Å². The Morgan fingerprint density at radius 2 is 1.91 bits per heavy atom. The van der Waals surface area contributed by atoms with Crippen molar-refractivity contribution in [1.82, 2.24) is 9.29 Å². The number of aromatic nitrogens is 1. The van der Waals surface area contributed by atoms with E-state index in [4.69, 9.17) is 0 Å². The number of benzene rings is 2. The summed E-state index contributed by atoms with van der Waals surface area (Å²) in [6.45, 7) is 7.22. The minimum absolute atomic E-state index is 0.217. The van der Waals surface area contributed by atoms with Crippen LogP contribution in [0, 0.1) is 19.8 Å². The zero-order valence-electron chi connectivity index (χ0n) is 18.5. The van der Waals surface area contributed by atoms with Gasteiger partial charge in [0, 0.05) is 29.6 Å². The minimum atomic E-state index is -3.54. The first-order valence-corrected chi connectivity index (χ1v) is 13.0. The number of hydrogen-bond donors (Lipinski definition) is 1. The first-order chi connectivity index (χ1) is 15.2. The van der Waals surface area contributed by atoms with Crippen LogP contribution >= 0.6 is 11.3 Å². The van der Waals surface area contributed by atoms with Gasteiger partial charge in [0.1, 0.15) is 0 Å². The lowest BCUT2D eigenvalue weighted by Gasteiger charge is -2.30. The summed E-state index contributed by atoms with van der Waals surface area (Å²) in [4.78, 5) is 17.5. The highest BCUT2D eigenvalue weighted by atomic mass is 32.2. The van der Waals surface area contributed by atoms with Gasteiger partial charge in [-0.05, 0) is 68.5 Å². The normalized spacial score (nSPS) is 17.3. The number of carbonyl (C=O) groups excluding carboxylic acids is 1. The summed E-state index contributed by atoms with van der Waals surface area (Å²) in [7, 11) is -3.54. The Morgan fingerprint density at radius 1 is 1.16 bits per heavy atom. The standard InChI is InChI=1S/C24H27N3O3S2/c1-16-6-7-18(3)21(13-16)22-15-31-24(25-22)26-23(28)19-8-10-20(11-9-19)32(29,30)27-12-4-5-17(2)14-27/h6-11,13,15,17H,4-5,12,14H2,1-3H3,(H,25,26,28)/t17-/m1/s1. The molecule has 0 spiro atoms. The first-order valence-electron chi connectivity index (χ1n) is 10.7. The number of nitrogens with zero attached hydrogens (tertiary/aromatic N) is 2. The molecular formula is C24H27N3O3S2. The fraction of sp³-hybridized carbons (Fsp3) is 0.333. The molecule has 1 aromatic heterocycles. The second-order valence-electron chi connectivity index (χ2n) is 8.45. The molecule has 3 aromatic rings. The van der Waals surface area contributed by atoms with Crippen LogP contribution in [0.15, 0.2) is 52.7 Å². The highest BCUT2D eigenvalue weighted by Crippen LogP contribution is 2.29. The van der Waals surface area contributed by atoms with Gasteiger partial charge in [-0.2, -0.15) is 4.31 Å². The average molecular weight is 470 g/mol. The van der Waals surface area contributed by atoms with Crippen molar-refractivity contribution >= 4 is 32.4 Å². The van der Waals surface area contributed by atoms with Crippen molar-refractivity contribution in [2.75, 3.05) is 18.4 Å². The molecule has 1 amide bonds. The number of hydrogen-bond acceptors (Lipinski definition) is 5. The molecule has 32 heavy (non-hydrogen) atoms. The van der Waals surface area contributed by atoms with Crippen LogP contribution in [0.2, 0.25) is 0 Å². The van der Waals surface area contributed by atoms with E-state index in [1.165, 1.54) is 23.5 Å². The highest BCUT2D eigenvalue weighted by molar-refractivity contribution is 7.89. The van der Waals surface area contributed by atoms with E-state index in [1.54, 1.807) is 16.4 Å². The summed E-state index contributed by atoms with van der Waals surface area (Å²) >= 11 is 1.36. The zero-order chi connectivity index (χ0) is 22.9. The largest absolute Gasteiger partial charge is 0.298 e. The maximum Gasteiger partial charge on any atom is 0.257 e. The molecule has 8 heteroatoms. The molecule has 1 aliphatic heterocycles. The number of rotatable bonds is 5. The number of thiazole rings is 1. The third-order valence-corrected chi connectivity index (χ3v) is 8.40. The van der Waals surface area contributed by atoms with Gasteiger partial charge in [0.15, 0.2) is 5.13 Å². The van der Waals surface area contributed by atoms with Gasteiger partial charge in [-0.15, -0.1) is 11.3 Å². The smallest absolute Gasteiger partial charge is 0.257 e. The number of carbonyl (C=O) groups is 1. The Kier molecular flexibility index (Phi) is 6.46. The molecule has 0 bridgehead atoms. The van der Waals surface area contributed by atoms with E-state index >= 15 is 0 Å². The van der Waals surface area contributed by atoms with Crippen LogP contribution < -0.4 is 5.32 Å². The molecule has 0 radical (unpaired) electrons. The SMILES string of the molecule is Cc1ccc(C)c(-c2csc(NC(=O)c3ccc(S(=O)(=O)N4CCC[C@@H](C)C4)cc3)n2)c1. The second kappa shape index (κ2) is 9.13. The van der Waals surface area contributed by atoms with Gasteiger partial charge in [-0.1, -0.05) is 24.6 Å². The minimum Gasteiger partial charge on any atom is -0.298 e. The molecule has 6 nitrogen and oxygen atoms in total. The molecule has 1 saturated heterocycles. The summed E-state index contributed by atoms with van der Waals surface area (Å²) < 4.78 is 27.4. The fourth-order valence-corrected chi connectivity index (χ4v) is 6.23. The van der Waals surface area contributed by atoms with Crippen molar-refractivity contribution in [3.05, 3.63) is 64.5 Å². The number of amides is 1. The van der Waals surface area contributed by atoms with E-state index in [-0.39, 0.29) is 10.8 Å². The number of aryl methyl sites for hydroxylation is 2. The van der Waals surface area contributed by atoms with Gasteiger partial charge in [-0.3, -0.25) is 10.1 Å². The van der Waals surface area contributed by atoms with Crippen molar-refractivity contribution < 1.29 is 13.2 Å². The third-order valence-electron chi connectivity index (χ3n) is 5.77. The highest BCUT2D eigenvalue weighted by Gasteiger charge is 2.28. The lowest BCUT2D eigenvalue weighted by atomic mass is 10.0. The molecular weight excluding hydrogens is 442 g/mol. The molecule has 4 rings (SSSR count). The molecule has 1 fully saturated rings. The summed E-state index contributed by atoms with van der Waals surface area (Å²) in [6, 6.07) is 12.3. The Hall–Kier alpha value is -2.55. The molecule has 0 aliphatic carbocycles. The second-order valence-corrected chi connectivity index (χ2v) is 11.2. The predicted molar refractivity (Wildman–Crippen MR) is 129 cm³/mol. The number of anilines is 1. The molecule has 2 heterocycles. The maximum atomic E-state index is 12.9. The van der Waals surface area contributed by atoms with Gasteiger partial charge in [0.2, 0.25) is 10.0 Å². The predicted octanol–water partition coefficient (Wildman–Crippen LogP) is 5.10. The Bertz CT molecular complexity index is 1230. The zero-order valence-corrected chi connectivity index (χ0v) is 20.1. The summed E-state index contributed by atoms with van der Waals surface area (Å²) in [5, 5.41) is 5.25. The molecule has 168 valence electrons. The van der Waals surface area contributed by atoms with E-state index in [9.17, 15) is 13.2 Å². The Labute approximate surface area is 193 Å². The van der Waals surface area contributed by atoms with Gasteiger partial charge >= 0.3 is 0 Å². The Balaban J connectivity index is 1.47. The number of nitrogens with one attached hydrogen (secondary N) is 1. The summed E-state index contributed by atoms with van der Waals surface area (Å²) in [5.74, 6) is 0.0396. The lowest BCUT2D eigenvalue weighted by Crippen LogP contribution is -2.39. The Morgan fingerprint density at radius 3 is 2.62 bits per heavy atom. The lowest BCUT2D eigenvalue weighted by molar-refractivity contribution is 0.102. The molecule has 1 aliphatic rings. The average Bonchev–Trinajstić information content (AvgIpc) is 3.23. The monoisotopic (exact) mass is 469 g/mol. The van der Waals surface area contributed by atoms with Crippen molar-refractivity contribution in [2.45, 2.75) is 38.5 Å². The van der Waals surface area contributed by atoms with Gasteiger partial charge in [-0.25, -0.2) is 13.4 Å². The van der Waals surface area contributed by atoms with Crippen LogP contribution in [-0.4, -0.2) is 36.7 Å². The fourth-order valence-electron chi connectivity index (χ4n) is 3.93. The van der Waals surface area contributed by atoms with Crippen LogP contribution in [0.5, 0.6) is 0 Å². The molecule has 0 saturated carbocycles. The summed E-state index contributed by atoms with van der Waals surface area (Å²) in [6.07, 6.45) is 1.92. The van der Waals surface area contributed by atoms with E-state index in [2.05, 4.69) is 35.4 Å². The van der Waals surface area contributed by atoms with Crippen molar-refractivity contribution in [2.24, 2.45) is 5.92 Å². The first kappa shape index (κ1) is 22.6. The van der Waals surface area contributed by atoms with Crippen LogP contribution in [0.4, 0.5) is 5.13 Å². The topological polar surface area (TPSA) is 79.4 Å². The van der Waals surface area contributed by atoms with Crippen LogP contribution in [0.25, 0.3) is 11.3 Å². The van der Waals surface area contributed by atoms with Gasteiger partial charge in [0.05, 0.1) is 10.6 Å². The van der Waals surface area contributed by atoms with Crippen LogP contribution in [0.3, 0.4) is 0 Å². The van der Waals surface area contributed by atoms with Gasteiger partial charge in [0.25, 0.3) is 5.91 Å². The van der Waals surface area contributed by atoms with Crippen molar-refractivity contribution in [3.63, 3.8) is 0 Å². The quantitative estimate of drug-likeness (QED) is 0.564. The number of piperidine rings is 1. The molecule has 1 atom stereocenters. The van der Waals surface area contributed by atoms with E-state index in [0.717, 1.165) is 35.2 Å². The maximum absolute atomic E-state index is 12.9. The number of sulfonamides is 1. The van der Waals surface area contributed by atoms with E-state index in [0.29, 0.717) is 29.7 Å². The third kappa shape index (κ3) is 4.77. The van der Waals surface area contributed by atoms with Crippen molar-refractivity contribution in [1.29, 1.82) is 0 Å². The van der Waals surface area contributed by atoms with Crippen LogP contribution in [-0.2, 0) is 10.0 Å². The summed E-state index contributed by atoms with van der Waals surface area (Å²) in [5.41, 5.74) is 4.53. The molecule has 0 unspecified atom stereocenters. The van der Waals surface area contributed by atoms with Crippen LogP contribution in [0.1, 0.15) is 41.3 Å². The van der Waals surface area contributed by atoms with Gasteiger partial charge < -0.3 is 0 Å². The molecule has 2 aromatic carbocycles. The molecule has 1 N–H and O–H groups in total. The van der Waals surface area contributed by atoms with E-state index in [1.807, 2.05) is 19.2 Å². The van der Waals surface area contributed by atoms with Crippen molar-refractivity contribution in [3.8, 4) is 11.3 Å².